The van der Waals surface area contributed by atoms with Gasteiger partial charge in [-0.1, -0.05) is 59.6 Å². The van der Waals surface area contributed by atoms with Crippen molar-refractivity contribution in [3.63, 3.8) is 0 Å². The summed E-state index contributed by atoms with van der Waals surface area (Å²) in [6.07, 6.45) is 4.78. The molecule has 28 heavy (non-hydrogen) atoms. The molecule has 0 amide bonds. The Bertz CT molecular complexity index is 943. The SMILES string of the molecule is Cc1ccc(-c2nc(C3(CN(C)C4CC4c4ccccc4)CCC3)no2)cc1. The summed E-state index contributed by atoms with van der Waals surface area (Å²) in [5, 5.41) is 4.41. The molecule has 2 aliphatic rings. The van der Waals surface area contributed by atoms with Crippen LogP contribution in [0.25, 0.3) is 11.5 Å². The minimum atomic E-state index is 0.0467. The maximum Gasteiger partial charge on any atom is 0.257 e. The van der Waals surface area contributed by atoms with Gasteiger partial charge < -0.3 is 9.42 Å². The Balaban J connectivity index is 1.31. The van der Waals surface area contributed by atoms with E-state index in [9.17, 15) is 0 Å². The first kappa shape index (κ1) is 17.6. The highest BCUT2D eigenvalue weighted by Gasteiger charge is 2.48. The molecule has 3 aromatic rings. The summed E-state index contributed by atoms with van der Waals surface area (Å²) in [7, 11) is 2.26. The van der Waals surface area contributed by atoms with Crippen LogP contribution >= 0.6 is 0 Å². The predicted octanol–water partition coefficient (Wildman–Crippen LogP) is 4.95. The lowest BCUT2D eigenvalue weighted by atomic mass is 9.67. The molecule has 4 nitrogen and oxygen atoms in total. The maximum atomic E-state index is 5.64. The number of aryl methyl sites for hydroxylation is 1. The summed E-state index contributed by atoms with van der Waals surface area (Å²) in [6.45, 7) is 3.09. The summed E-state index contributed by atoms with van der Waals surface area (Å²) in [6, 6.07) is 19.8. The second-order valence-corrected chi connectivity index (χ2v) is 8.66. The molecule has 5 rings (SSSR count). The van der Waals surface area contributed by atoms with E-state index in [1.807, 2.05) is 0 Å². The normalized spacial score (nSPS) is 22.8. The van der Waals surface area contributed by atoms with E-state index in [-0.39, 0.29) is 5.41 Å². The largest absolute Gasteiger partial charge is 0.334 e. The average Bonchev–Trinajstić information content (AvgIpc) is 3.35. The zero-order chi connectivity index (χ0) is 19.1. The van der Waals surface area contributed by atoms with Gasteiger partial charge in [-0.15, -0.1) is 0 Å². The Morgan fingerprint density at radius 2 is 1.82 bits per heavy atom. The van der Waals surface area contributed by atoms with Gasteiger partial charge in [0.25, 0.3) is 5.89 Å². The van der Waals surface area contributed by atoms with Crippen molar-refractivity contribution in [2.45, 2.75) is 50.0 Å². The average molecular weight is 374 g/mol. The van der Waals surface area contributed by atoms with Gasteiger partial charge in [-0.05, 0) is 50.9 Å². The summed E-state index contributed by atoms with van der Waals surface area (Å²) < 4.78 is 5.64. The highest BCUT2D eigenvalue weighted by Crippen LogP contribution is 2.48. The predicted molar refractivity (Wildman–Crippen MR) is 110 cm³/mol. The zero-order valence-corrected chi connectivity index (χ0v) is 16.6. The molecule has 4 heteroatoms. The van der Waals surface area contributed by atoms with E-state index >= 15 is 0 Å². The molecule has 144 valence electrons. The van der Waals surface area contributed by atoms with Crippen LogP contribution in [0.2, 0.25) is 0 Å². The molecule has 0 radical (unpaired) electrons. The molecule has 2 saturated carbocycles. The first-order valence-electron chi connectivity index (χ1n) is 10.3. The molecule has 2 fully saturated rings. The summed E-state index contributed by atoms with van der Waals surface area (Å²) >= 11 is 0. The van der Waals surface area contributed by atoms with Gasteiger partial charge in [0.1, 0.15) is 0 Å². The topological polar surface area (TPSA) is 42.2 Å². The number of nitrogens with zero attached hydrogens (tertiary/aromatic N) is 3. The number of aromatic nitrogens is 2. The van der Waals surface area contributed by atoms with Gasteiger partial charge in [-0.2, -0.15) is 4.98 Å². The molecule has 2 atom stereocenters. The van der Waals surface area contributed by atoms with Crippen molar-refractivity contribution in [1.29, 1.82) is 0 Å². The van der Waals surface area contributed by atoms with Gasteiger partial charge in [0.15, 0.2) is 5.82 Å². The monoisotopic (exact) mass is 373 g/mol. The quantitative estimate of drug-likeness (QED) is 0.613. The Morgan fingerprint density at radius 1 is 1.07 bits per heavy atom. The van der Waals surface area contributed by atoms with Crippen LogP contribution in [0.5, 0.6) is 0 Å². The van der Waals surface area contributed by atoms with E-state index in [0.29, 0.717) is 17.9 Å². The fraction of sp³-hybridized carbons (Fsp3) is 0.417. The lowest BCUT2D eigenvalue weighted by Gasteiger charge is -2.42. The molecule has 0 bridgehead atoms. The van der Waals surface area contributed by atoms with Gasteiger partial charge in [0.05, 0.1) is 0 Å². The van der Waals surface area contributed by atoms with Crippen LogP contribution < -0.4 is 0 Å². The van der Waals surface area contributed by atoms with E-state index in [4.69, 9.17) is 9.51 Å². The number of benzene rings is 2. The van der Waals surface area contributed by atoms with Crippen LogP contribution in [0.3, 0.4) is 0 Å². The van der Waals surface area contributed by atoms with E-state index < -0.39 is 0 Å². The second kappa shape index (κ2) is 6.85. The van der Waals surface area contributed by atoms with Crippen LogP contribution in [-0.2, 0) is 5.41 Å². The first-order valence-corrected chi connectivity index (χ1v) is 10.3. The first-order chi connectivity index (χ1) is 13.6. The Kier molecular flexibility index (Phi) is 4.31. The maximum absolute atomic E-state index is 5.64. The molecule has 1 aromatic heterocycles. The third-order valence-electron chi connectivity index (χ3n) is 6.61. The third kappa shape index (κ3) is 3.16. The summed E-state index contributed by atoms with van der Waals surface area (Å²) in [4.78, 5) is 7.34. The van der Waals surface area contributed by atoms with E-state index in [0.717, 1.165) is 30.8 Å². The Morgan fingerprint density at radius 3 is 2.50 bits per heavy atom. The molecular weight excluding hydrogens is 346 g/mol. The fourth-order valence-electron chi connectivity index (χ4n) is 4.63. The number of hydrogen-bond acceptors (Lipinski definition) is 4. The Hall–Kier alpha value is -2.46. The lowest BCUT2D eigenvalue weighted by Crippen LogP contribution is -2.46. The van der Waals surface area contributed by atoms with Crippen molar-refractivity contribution in [2.24, 2.45) is 0 Å². The van der Waals surface area contributed by atoms with E-state index in [1.54, 1.807) is 0 Å². The summed E-state index contributed by atoms with van der Waals surface area (Å²) in [5.74, 6) is 2.19. The molecule has 0 saturated heterocycles. The number of hydrogen-bond donors (Lipinski definition) is 0. The molecule has 2 aliphatic carbocycles. The van der Waals surface area contributed by atoms with Crippen LogP contribution in [0.4, 0.5) is 0 Å². The molecule has 0 N–H and O–H groups in total. The van der Waals surface area contributed by atoms with E-state index in [2.05, 4.69) is 78.6 Å². The minimum absolute atomic E-state index is 0.0467. The van der Waals surface area contributed by atoms with Crippen LogP contribution in [0, 0.1) is 6.92 Å². The molecule has 1 heterocycles. The fourth-order valence-corrected chi connectivity index (χ4v) is 4.63. The van der Waals surface area contributed by atoms with Crippen LogP contribution in [0.1, 0.15) is 48.6 Å². The molecular formula is C24H27N3O. The number of rotatable bonds is 6. The van der Waals surface area contributed by atoms with Crippen LogP contribution in [-0.4, -0.2) is 34.7 Å². The van der Waals surface area contributed by atoms with Crippen molar-refractivity contribution in [3.05, 3.63) is 71.5 Å². The van der Waals surface area contributed by atoms with Crippen molar-refractivity contribution < 1.29 is 4.52 Å². The standard InChI is InChI=1S/C24H27N3O/c1-17-9-11-19(12-10-17)22-25-23(26-28-22)24(13-6-14-24)16-27(2)21-15-20(21)18-7-4-3-5-8-18/h3-5,7-12,20-21H,6,13-16H2,1-2H3. The second-order valence-electron chi connectivity index (χ2n) is 8.66. The van der Waals surface area contributed by atoms with Crippen molar-refractivity contribution in [2.75, 3.05) is 13.6 Å². The lowest BCUT2D eigenvalue weighted by molar-refractivity contribution is 0.141. The van der Waals surface area contributed by atoms with Gasteiger partial charge >= 0.3 is 0 Å². The van der Waals surface area contributed by atoms with Crippen LogP contribution in [0.15, 0.2) is 59.1 Å². The van der Waals surface area contributed by atoms with Crippen molar-refractivity contribution in [3.8, 4) is 11.5 Å². The molecule has 2 aromatic carbocycles. The summed E-state index contributed by atoms with van der Waals surface area (Å²) in [5.41, 5.74) is 3.74. The van der Waals surface area contributed by atoms with Crippen molar-refractivity contribution >= 4 is 0 Å². The van der Waals surface area contributed by atoms with Crippen molar-refractivity contribution in [1.82, 2.24) is 15.0 Å². The molecule has 0 spiro atoms. The molecule has 2 unspecified atom stereocenters. The zero-order valence-electron chi connectivity index (χ0n) is 16.6. The highest BCUT2D eigenvalue weighted by atomic mass is 16.5. The highest BCUT2D eigenvalue weighted by molar-refractivity contribution is 5.53. The molecule has 0 aliphatic heterocycles. The van der Waals surface area contributed by atoms with Gasteiger partial charge in [0.2, 0.25) is 0 Å². The van der Waals surface area contributed by atoms with Gasteiger partial charge in [-0.3, -0.25) is 0 Å². The Labute approximate surface area is 166 Å². The van der Waals surface area contributed by atoms with Gasteiger partial charge in [0, 0.05) is 29.5 Å². The van der Waals surface area contributed by atoms with E-state index in [1.165, 1.54) is 24.0 Å². The third-order valence-corrected chi connectivity index (χ3v) is 6.61. The number of likely N-dealkylation sites (N-methyl/N-ethyl adjacent to an activating group) is 1. The minimum Gasteiger partial charge on any atom is -0.334 e. The smallest absolute Gasteiger partial charge is 0.257 e. The van der Waals surface area contributed by atoms with Gasteiger partial charge in [-0.25, -0.2) is 0 Å².